The molecule has 0 amide bonds. The molecular formula is C17H19NO2S. The first-order valence-corrected chi connectivity index (χ1v) is 8.68. The fourth-order valence-corrected chi connectivity index (χ4v) is 3.77. The van der Waals surface area contributed by atoms with Crippen molar-refractivity contribution in [1.29, 1.82) is 0 Å². The normalized spacial score (nSPS) is 16.6. The molecule has 3 nitrogen and oxygen atoms in total. The van der Waals surface area contributed by atoms with Crippen LogP contribution < -0.4 is 4.72 Å². The molecule has 2 aromatic rings. The largest absolute Gasteiger partial charge is 0.241 e. The quantitative estimate of drug-likeness (QED) is 0.919. The number of nitrogens with one attached hydrogen (secondary N) is 1. The summed E-state index contributed by atoms with van der Waals surface area (Å²) in [7, 11) is -3.48. The van der Waals surface area contributed by atoms with Crippen LogP contribution in [0.4, 0.5) is 0 Å². The fraction of sp³-hybridized carbons (Fsp3) is 0.294. The first-order chi connectivity index (χ1) is 10.1. The zero-order chi connectivity index (χ0) is 14.9. The van der Waals surface area contributed by atoms with E-state index in [1.54, 1.807) is 12.1 Å². The second kappa shape index (κ2) is 5.62. The van der Waals surface area contributed by atoms with Crippen molar-refractivity contribution in [3.05, 3.63) is 65.7 Å². The zero-order valence-corrected chi connectivity index (χ0v) is 12.8. The van der Waals surface area contributed by atoms with Crippen LogP contribution in [0.1, 0.15) is 30.0 Å². The van der Waals surface area contributed by atoms with E-state index in [1.165, 1.54) is 0 Å². The van der Waals surface area contributed by atoms with Gasteiger partial charge in [-0.15, -0.1) is 0 Å². The Balaban J connectivity index is 1.87. The molecule has 0 saturated heterocycles. The molecule has 2 aromatic carbocycles. The maximum absolute atomic E-state index is 12.5. The molecule has 0 heterocycles. The lowest BCUT2D eigenvalue weighted by molar-refractivity contribution is 0.529. The van der Waals surface area contributed by atoms with E-state index in [4.69, 9.17) is 0 Å². The van der Waals surface area contributed by atoms with E-state index < -0.39 is 10.0 Å². The number of hydrogen-bond acceptors (Lipinski definition) is 2. The van der Waals surface area contributed by atoms with E-state index in [-0.39, 0.29) is 6.04 Å². The van der Waals surface area contributed by atoms with Gasteiger partial charge in [0.15, 0.2) is 0 Å². The van der Waals surface area contributed by atoms with Gasteiger partial charge in [0, 0.05) is 6.04 Å². The summed E-state index contributed by atoms with van der Waals surface area (Å²) in [5, 5.41) is 0. The van der Waals surface area contributed by atoms with E-state index in [0.29, 0.717) is 10.8 Å². The minimum atomic E-state index is -3.48. The smallest absolute Gasteiger partial charge is 0.207 e. The highest BCUT2D eigenvalue weighted by Gasteiger charge is 2.35. The third kappa shape index (κ3) is 3.34. The van der Waals surface area contributed by atoms with Crippen LogP contribution in [0, 0.1) is 12.8 Å². The second-order valence-corrected chi connectivity index (χ2v) is 7.37. The van der Waals surface area contributed by atoms with Gasteiger partial charge in [-0.2, -0.15) is 0 Å². The summed E-state index contributed by atoms with van der Waals surface area (Å²) >= 11 is 0. The van der Waals surface area contributed by atoms with E-state index in [2.05, 4.69) is 4.72 Å². The molecule has 110 valence electrons. The summed E-state index contributed by atoms with van der Waals surface area (Å²) in [6, 6.07) is 16.7. The van der Waals surface area contributed by atoms with Crippen molar-refractivity contribution in [3.8, 4) is 0 Å². The minimum absolute atomic E-state index is 0.127. The number of rotatable bonds is 5. The average Bonchev–Trinajstić information content (AvgIpc) is 3.31. The Kier molecular flexibility index (Phi) is 3.83. The summed E-state index contributed by atoms with van der Waals surface area (Å²) in [5.41, 5.74) is 2.09. The first-order valence-electron chi connectivity index (χ1n) is 7.20. The molecule has 0 radical (unpaired) electrons. The van der Waals surface area contributed by atoms with Crippen LogP contribution in [0.5, 0.6) is 0 Å². The molecule has 0 unspecified atom stereocenters. The Bertz CT molecular complexity index is 704. The number of aryl methyl sites for hydroxylation is 1. The van der Waals surface area contributed by atoms with Gasteiger partial charge < -0.3 is 0 Å². The Morgan fingerprint density at radius 1 is 1.00 bits per heavy atom. The van der Waals surface area contributed by atoms with Crippen molar-refractivity contribution in [2.75, 3.05) is 0 Å². The van der Waals surface area contributed by atoms with Gasteiger partial charge in [0.25, 0.3) is 0 Å². The van der Waals surface area contributed by atoms with Gasteiger partial charge in [-0.3, -0.25) is 0 Å². The lowest BCUT2D eigenvalue weighted by atomic mass is 10.0. The molecule has 0 spiro atoms. The van der Waals surface area contributed by atoms with Gasteiger partial charge in [0.05, 0.1) is 4.90 Å². The molecule has 21 heavy (non-hydrogen) atoms. The maximum atomic E-state index is 12.5. The van der Waals surface area contributed by atoms with E-state index in [9.17, 15) is 8.42 Å². The van der Waals surface area contributed by atoms with E-state index >= 15 is 0 Å². The van der Waals surface area contributed by atoms with Crippen LogP contribution in [0.15, 0.2) is 59.5 Å². The Morgan fingerprint density at radius 2 is 1.62 bits per heavy atom. The lowest BCUT2D eigenvalue weighted by Crippen LogP contribution is -2.30. The van der Waals surface area contributed by atoms with E-state index in [1.807, 2.05) is 49.4 Å². The molecule has 1 N–H and O–H groups in total. The standard InChI is InChI=1S/C17H19NO2S/c1-13-7-11-16(12-8-13)21(19,20)18-17(15-9-10-15)14-5-3-2-4-6-14/h2-8,11-12,15,17-18H,9-10H2,1H3/t17-/m0/s1. The molecule has 0 aromatic heterocycles. The summed E-state index contributed by atoms with van der Waals surface area (Å²) < 4.78 is 28.0. The topological polar surface area (TPSA) is 46.2 Å². The molecular weight excluding hydrogens is 282 g/mol. The van der Waals surface area contributed by atoms with Crippen LogP contribution in [0.25, 0.3) is 0 Å². The molecule has 1 atom stereocenters. The predicted molar refractivity (Wildman–Crippen MR) is 83.4 cm³/mol. The van der Waals surface area contributed by atoms with Crippen molar-refractivity contribution in [2.45, 2.75) is 30.7 Å². The maximum Gasteiger partial charge on any atom is 0.241 e. The predicted octanol–water partition coefficient (Wildman–Crippen LogP) is 3.42. The van der Waals surface area contributed by atoms with Crippen LogP contribution in [0.2, 0.25) is 0 Å². The summed E-state index contributed by atoms with van der Waals surface area (Å²) in [5.74, 6) is 0.410. The van der Waals surface area contributed by atoms with Gasteiger partial charge >= 0.3 is 0 Å². The summed E-state index contributed by atoms with van der Waals surface area (Å²) in [6.45, 7) is 1.95. The van der Waals surface area contributed by atoms with Gasteiger partial charge in [0.1, 0.15) is 0 Å². The van der Waals surface area contributed by atoms with Crippen molar-refractivity contribution in [1.82, 2.24) is 4.72 Å². The molecule has 1 aliphatic rings. The van der Waals surface area contributed by atoms with Crippen molar-refractivity contribution in [3.63, 3.8) is 0 Å². The highest BCUT2D eigenvalue weighted by molar-refractivity contribution is 7.89. The van der Waals surface area contributed by atoms with Crippen molar-refractivity contribution in [2.24, 2.45) is 5.92 Å². The molecule has 0 aliphatic heterocycles. The molecule has 1 aliphatic carbocycles. The summed E-state index contributed by atoms with van der Waals surface area (Å²) in [4.78, 5) is 0.328. The summed E-state index contributed by atoms with van der Waals surface area (Å²) in [6.07, 6.45) is 2.16. The van der Waals surface area contributed by atoms with Crippen LogP contribution >= 0.6 is 0 Å². The monoisotopic (exact) mass is 301 g/mol. The first kappa shape index (κ1) is 14.3. The Morgan fingerprint density at radius 3 is 2.19 bits per heavy atom. The SMILES string of the molecule is Cc1ccc(S(=O)(=O)N[C@@H](c2ccccc2)C2CC2)cc1. The fourth-order valence-electron chi connectivity index (χ4n) is 2.48. The number of benzene rings is 2. The lowest BCUT2D eigenvalue weighted by Gasteiger charge is -2.19. The Hall–Kier alpha value is -1.65. The van der Waals surface area contributed by atoms with Crippen LogP contribution in [-0.4, -0.2) is 8.42 Å². The van der Waals surface area contributed by atoms with Crippen molar-refractivity contribution < 1.29 is 8.42 Å². The molecule has 3 rings (SSSR count). The third-order valence-corrected chi connectivity index (χ3v) is 5.32. The Labute approximate surface area is 126 Å². The second-order valence-electron chi connectivity index (χ2n) is 5.66. The molecule has 1 fully saturated rings. The van der Waals surface area contributed by atoms with Crippen LogP contribution in [-0.2, 0) is 10.0 Å². The minimum Gasteiger partial charge on any atom is -0.207 e. The average molecular weight is 301 g/mol. The molecule has 4 heteroatoms. The van der Waals surface area contributed by atoms with Gasteiger partial charge in [-0.25, -0.2) is 13.1 Å². The van der Waals surface area contributed by atoms with Gasteiger partial charge in [0.2, 0.25) is 10.0 Å². The molecule has 0 bridgehead atoms. The van der Waals surface area contributed by atoms with Crippen molar-refractivity contribution >= 4 is 10.0 Å². The van der Waals surface area contributed by atoms with Gasteiger partial charge in [-0.1, -0.05) is 48.0 Å². The highest BCUT2D eigenvalue weighted by Crippen LogP contribution is 2.41. The molecule has 1 saturated carbocycles. The zero-order valence-electron chi connectivity index (χ0n) is 12.0. The van der Waals surface area contributed by atoms with E-state index in [0.717, 1.165) is 24.0 Å². The number of hydrogen-bond donors (Lipinski definition) is 1. The van der Waals surface area contributed by atoms with Crippen LogP contribution in [0.3, 0.4) is 0 Å². The van der Waals surface area contributed by atoms with Gasteiger partial charge in [-0.05, 0) is 43.4 Å². The third-order valence-electron chi connectivity index (χ3n) is 3.87. The highest BCUT2D eigenvalue weighted by atomic mass is 32.2. The number of sulfonamides is 1.